The average molecular weight is 240 g/mol. The average Bonchev–Trinajstić information content (AvgIpc) is 2.30. The molecule has 0 fully saturated rings. The van der Waals surface area contributed by atoms with Crippen LogP contribution in [-0.2, 0) is 9.53 Å². The standard InChI is InChI=1S/C11H13FN2O3/c1-17-6-9(10(13)11(15)16)14-8-5-3-2-4-7(8)12/h2-5,14H,6,13H2,1H3,(H,15,16)/b10-9-. The number of halogens is 1. The zero-order valence-electron chi connectivity index (χ0n) is 9.24. The summed E-state index contributed by atoms with van der Waals surface area (Å²) in [6.07, 6.45) is 0. The number of hydrogen-bond donors (Lipinski definition) is 3. The van der Waals surface area contributed by atoms with Gasteiger partial charge in [0.1, 0.15) is 11.5 Å². The van der Waals surface area contributed by atoms with Gasteiger partial charge in [-0.2, -0.15) is 0 Å². The molecule has 0 spiro atoms. The topological polar surface area (TPSA) is 84.6 Å². The fraction of sp³-hybridized carbons (Fsp3) is 0.182. The van der Waals surface area contributed by atoms with E-state index in [-0.39, 0.29) is 18.0 Å². The van der Waals surface area contributed by atoms with Crippen molar-refractivity contribution in [3.05, 3.63) is 41.5 Å². The molecule has 0 bridgehead atoms. The second-order valence-corrected chi connectivity index (χ2v) is 3.24. The summed E-state index contributed by atoms with van der Waals surface area (Å²) in [5.41, 5.74) is 5.20. The molecule has 1 aromatic rings. The molecule has 0 amide bonds. The Labute approximate surface area is 97.7 Å². The highest BCUT2D eigenvalue weighted by Crippen LogP contribution is 2.15. The number of aliphatic carboxylic acids is 1. The third-order valence-corrected chi connectivity index (χ3v) is 2.00. The third-order valence-electron chi connectivity index (χ3n) is 2.00. The molecular formula is C11H13FN2O3. The third kappa shape index (κ3) is 3.46. The molecule has 17 heavy (non-hydrogen) atoms. The summed E-state index contributed by atoms with van der Waals surface area (Å²) >= 11 is 0. The summed E-state index contributed by atoms with van der Waals surface area (Å²) in [5.74, 6) is -1.79. The number of para-hydroxylation sites is 1. The SMILES string of the molecule is COC/C(Nc1ccccc1F)=C(/N)C(=O)O. The van der Waals surface area contributed by atoms with E-state index in [1.807, 2.05) is 0 Å². The van der Waals surface area contributed by atoms with Crippen molar-refractivity contribution in [2.24, 2.45) is 5.73 Å². The van der Waals surface area contributed by atoms with Crippen molar-refractivity contribution in [1.82, 2.24) is 0 Å². The number of hydrogen-bond acceptors (Lipinski definition) is 4. The van der Waals surface area contributed by atoms with E-state index in [0.29, 0.717) is 0 Å². The molecule has 0 aromatic heterocycles. The van der Waals surface area contributed by atoms with Crippen LogP contribution in [0.4, 0.5) is 10.1 Å². The predicted octanol–water partition coefficient (Wildman–Crippen LogP) is 1.14. The van der Waals surface area contributed by atoms with E-state index in [0.717, 1.165) is 0 Å². The van der Waals surface area contributed by atoms with Crippen molar-refractivity contribution >= 4 is 11.7 Å². The van der Waals surface area contributed by atoms with E-state index in [4.69, 9.17) is 15.6 Å². The fourth-order valence-corrected chi connectivity index (χ4v) is 1.18. The second-order valence-electron chi connectivity index (χ2n) is 3.24. The van der Waals surface area contributed by atoms with Crippen LogP contribution in [0.2, 0.25) is 0 Å². The molecule has 4 N–H and O–H groups in total. The molecule has 6 heteroatoms. The first-order valence-corrected chi connectivity index (χ1v) is 4.78. The maximum absolute atomic E-state index is 13.3. The molecule has 0 aliphatic carbocycles. The summed E-state index contributed by atoms with van der Waals surface area (Å²) < 4.78 is 18.1. The van der Waals surface area contributed by atoms with Gasteiger partial charge < -0.3 is 20.9 Å². The number of benzene rings is 1. The Hall–Kier alpha value is -2.08. The van der Waals surface area contributed by atoms with Gasteiger partial charge in [-0.1, -0.05) is 12.1 Å². The number of carbonyl (C=O) groups is 1. The van der Waals surface area contributed by atoms with Crippen LogP contribution in [0.15, 0.2) is 35.7 Å². The molecular weight excluding hydrogens is 227 g/mol. The van der Waals surface area contributed by atoms with Gasteiger partial charge in [0.15, 0.2) is 0 Å². The minimum atomic E-state index is -1.29. The lowest BCUT2D eigenvalue weighted by atomic mass is 10.2. The van der Waals surface area contributed by atoms with Gasteiger partial charge in [-0.25, -0.2) is 9.18 Å². The van der Waals surface area contributed by atoms with Crippen LogP contribution in [0.5, 0.6) is 0 Å². The highest BCUT2D eigenvalue weighted by atomic mass is 19.1. The monoisotopic (exact) mass is 240 g/mol. The zero-order valence-corrected chi connectivity index (χ0v) is 9.24. The minimum absolute atomic E-state index is 0.0491. The largest absolute Gasteiger partial charge is 0.477 e. The smallest absolute Gasteiger partial charge is 0.353 e. The van der Waals surface area contributed by atoms with Crippen molar-refractivity contribution < 1.29 is 19.0 Å². The number of nitrogens with two attached hydrogens (primary N) is 1. The van der Waals surface area contributed by atoms with E-state index in [9.17, 15) is 9.18 Å². The van der Waals surface area contributed by atoms with E-state index in [1.54, 1.807) is 6.07 Å². The van der Waals surface area contributed by atoms with Crippen molar-refractivity contribution in [3.8, 4) is 0 Å². The van der Waals surface area contributed by atoms with Crippen LogP contribution in [0, 0.1) is 5.82 Å². The lowest BCUT2D eigenvalue weighted by molar-refractivity contribution is -0.132. The Morgan fingerprint density at radius 1 is 1.53 bits per heavy atom. The Balaban J connectivity index is 3.00. The van der Waals surface area contributed by atoms with Gasteiger partial charge in [0.05, 0.1) is 18.0 Å². The van der Waals surface area contributed by atoms with Crippen LogP contribution in [-0.4, -0.2) is 24.8 Å². The Morgan fingerprint density at radius 2 is 2.18 bits per heavy atom. The number of nitrogens with one attached hydrogen (secondary N) is 1. The van der Waals surface area contributed by atoms with Crippen LogP contribution in [0.3, 0.4) is 0 Å². The number of carboxylic acid groups (broad SMARTS) is 1. The van der Waals surface area contributed by atoms with Crippen LogP contribution < -0.4 is 11.1 Å². The number of anilines is 1. The van der Waals surface area contributed by atoms with Gasteiger partial charge in [-0.3, -0.25) is 0 Å². The Bertz CT molecular complexity index is 446. The minimum Gasteiger partial charge on any atom is -0.477 e. The van der Waals surface area contributed by atoms with Gasteiger partial charge in [0, 0.05) is 7.11 Å². The molecule has 5 nitrogen and oxygen atoms in total. The number of carboxylic acids is 1. The molecule has 0 aliphatic heterocycles. The first-order chi connectivity index (χ1) is 8.06. The van der Waals surface area contributed by atoms with Crippen LogP contribution in [0.1, 0.15) is 0 Å². The first-order valence-electron chi connectivity index (χ1n) is 4.78. The fourth-order valence-electron chi connectivity index (χ4n) is 1.18. The molecule has 0 saturated carbocycles. The summed E-state index contributed by atoms with van der Waals surface area (Å²) in [4.78, 5) is 10.7. The molecule has 0 unspecified atom stereocenters. The lowest BCUT2D eigenvalue weighted by Gasteiger charge is -2.12. The lowest BCUT2D eigenvalue weighted by Crippen LogP contribution is -2.20. The molecule has 0 saturated heterocycles. The van der Waals surface area contributed by atoms with Crippen LogP contribution >= 0.6 is 0 Å². The molecule has 1 rings (SSSR count). The molecule has 0 heterocycles. The second kappa shape index (κ2) is 5.86. The normalized spacial score (nSPS) is 11.9. The Kier molecular flexibility index (Phi) is 4.47. The van der Waals surface area contributed by atoms with E-state index in [1.165, 1.54) is 25.3 Å². The molecule has 0 aliphatic rings. The predicted molar refractivity (Wildman–Crippen MR) is 60.7 cm³/mol. The number of ether oxygens (including phenoxy) is 1. The quantitative estimate of drug-likeness (QED) is 0.672. The maximum atomic E-state index is 13.3. The van der Waals surface area contributed by atoms with Gasteiger partial charge in [0.2, 0.25) is 0 Å². The van der Waals surface area contributed by atoms with Gasteiger partial charge >= 0.3 is 5.97 Å². The number of rotatable bonds is 5. The molecule has 0 radical (unpaired) electrons. The summed E-state index contributed by atoms with van der Waals surface area (Å²) in [6.45, 7) is -0.0491. The summed E-state index contributed by atoms with van der Waals surface area (Å²) in [7, 11) is 1.39. The van der Waals surface area contributed by atoms with E-state index >= 15 is 0 Å². The van der Waals surface area contributed by atoms with Gasteiger partial charge in [-0.05, 0) is 12.1 Å². The van der Waals surface area contributed by atoms with E-state index < -0.39 is 17.5 Å². The van der Waals surface area contributed by atoms with Crippen molar-refractivity contribution in [2.45, 2.75) is 0 Å². The molecule has 0 atom stereocenters. The van der Waals surface area contributed by atoms with Crippen LogP contribution in [0.25, 0.3) is 0 Å². The Morgan fingerprint density at radius 3 is 2.71 bits per heavy atom. The summed E-state index contributed by atoms with van der Waals surface area (Å²) in [6, 6.07) is 5.87. The van der Waals surface area contributed by atoms with Gasteiger partial charge in [-0.15, -0.1) is 0 Å². The van der Waals surface area contributed by atoms with Gasteiger partial charge in [0.25, 0.3) is 0 Å². The van der Waals surface area contributed by atoms with Crippen molar-refractivity contribution in [1.29, 1.82) is 0 Å². The van der Waals surface area contributed by atoms with Crippen molar-refractivity contribution in [2.75, 3.05) is 19.0 Å². The zero-order chi connectivity index (χ0) is 12.8. The van der Waals surface area contributed by atoms with E-state index in [2.05, 4.69) is 5.32 Å². The summed E-state index contributed by atoms with van der Waals surface area (Å²) in [5, 5.41) is 11.4. The highest BCUT2D eigenvalue weighted by Gasteiger charge is 2.12. The number of methoxy groups -OCH3 is 1. The van der Waals surface area contributed by atoms with Crippen molar-refractivity contribution in [3.63, 3.8) is 0 Å². The maximum Gasteiger partial charge on any atom is 0.353 e. The first kappa shape index (κ1) is 13.0. The molecule has 1 aromatic carbocycles. The molecule has 92 valence electrons. The highest BCUT2D eigenvalue weighted by molar-refractivity contribution is 5.87.